The molecule has 2 rings (SSSR count). The molecule has 0 fully saturated rings. The van der Waals surface area contributed by atoms with Gasteiger partial charge in [0.15, 0.2) is 0 Å². The molecule has 1 atom stereocenters. The minimum atomic E-state index is 0.875. The summed E-state index contributed by atoms with van der Waals surface area (Å²) < 4.78 is 0. The molecule has 72 valence electrons. The topological polar surface area (TPSA) is 0 Å². The quantitative estimate of drug-likeness (QED) is 0.564. The molecular formula is C13H20. The van der Waals surface area contributed by atoms with E-state index in [0.29, 0.717) is 0 Å². The van der Waals surface area contributed by atoms with Crippen LogP contribution in [0.4, 0.5) is 0 Å². The van der Waals surface area contributed by atoms with E-state index in [1.165, 1.54) is 32.1 Å². The lowest BCUT2D eigenvalue weighted by Gasteiger charge is -2.30. The van der Waals surface area contributed by atoms with Crippen LogP contribution in [0.15, 0.2) is 23.3 Å². The van der Waals surface area contributed by atoms with E-state index in [0.717, 1.165) is 11.8 Å². The van der Waals surface area contributed by atoms with Crippen molar-refractivity contribution in [2.24, 2.45) is 11.8 Å². The third-order valence-corrected chi connectivity index (χ3v) is 3.62. The van der Waals surface area contributed by atoms with Crippen molar-refractivity contribution in [1.29, 1.82) is 0 Å². The fourth-order valence-electron chi connectivity index (χ4n) is 2.58. The van der Waals surface area contributed by atoms with Gasteiger partial charge in [0.25, 0.3) is 0 Å². The van der Waals surface area contributed by atoms with E-state index in [-0.39, 0.29) is 0 Å². The van der Waals surface area contributed by atoms with Crippen LogP contribution in [0.2, 0.25) is 0 Å². The molecule has 0 bridgehead atoms. The second kappa shape index (κ2) is 3.69. The van der Waals surface area contributed by atoms with Crippen LogP contribution in [0.1, 0.15) is 46.0 Å². The lowest BCUT2D eigenvalue weighted by Crippen LogP contribution is -2.16. The van der Waals surface area contributed by atoms with Crippen LogP contribution in [0.3, 0.4) is 0 Å². The summed E-state index contributed by atoms with van der Waals surface area (Å²) in [4.78, 5) is 0. The molecule has 0 aliphatic heterocycles. The first kappa shape index (κ1) is 9.05. The van der Waals surface area contributed by atoms with Crippen molar-refractivity contribution in [1.82, 2.24) is 0 Å². The summed E-state index contributed by atoms with van der Waals surface area (Å²) >= 11 is 0. The fourth-order valence-corrected chi connectivity index (χ4v) is 2.58. The molecule has 0 amide bonds. The fraction of sp³-hybridized carbons (Fsp3) is 0.692. The number of allylic oxidation sites excluding steroid dienone is 4. The zero-order chi connectivity index (χ0) is 9.26. The van der Waals surface area contributed by atoms with Crippen molar-refractivity contribution in [3.8, 4) is 0 Å². The average molecular weight is 176 g/mol. The highest BCUT2D eigenvalue weighted by Gasteiger charge is 2.22. The van der Waals surface area contributed by atoms with Crippen molar-refractivity contribution in [2.45, 2.75) is 46.0 Å². The van der Waals surface area contributed by atoms with Gasteiger partial charge in [0.2, 0.25) is 0 Å². The molecule has 0 saturated heterocycles. The predicted molar refractivity (Wildman–Crippen MR) is 57.6 cm³/mol. The third-order valence-electron chi connectivity index (χ3n) is 3.62. The minimum absolute atomic E-state index is 0.875. The molecule has 2 aliphatic rings. The van der Waals surface area contributed by atoms with Gasteiger partial charge in [-0.15, -0.1) is 0 Å². The van der Waals surface area contributed by atoms with Gasteiger partial charge in [-0.05, 0) is 49.5 Å². The van der Waals surface area contributed by atoms with Gasteiger partial charge in [0.1, 0.15) is 0 Å². The Bertz CT molecular complexity index is 243. The molecule has 0 heterocycles. The Labute approximate surface area is 81.7 Å². The Balaban J connectivity index is 2.10. The van der Waals surface area contributed by atoms with Crippen LogP contribution >= 0.6 is 0 Å². The summed E-state index contributed by atoms with van der Waals surface area (Å²) in [6, 6.07) is 0. The van der Waals surface area contributed by atoms with Crippen LogP contribution in [0, 0.1) is 11.8 Å². The van der Waals surface area contributed by atoms with Gasteiger partial charge in [0, 0.05) is 0 Å². The van der Waals surface area contributed by atoms with Gasteiger partial charge < -0.3 is 0 Å². The van der Waals surface area contributed by atoms with Gasteiger partial charge in [0.05, 0.1) is 0 Å². The van der Waals surface area contributed by atoms with Crippen LogP contribution < -0.4 is 0 Å². The largest absolute Gasteiger partial charge is 0.0839 e. The van der Waals surface area contributed by atoms with E-state index in [2.05, 4.69) is 26.0 Å². The van der Waals surface area contributed by atoms with Gasteiger partial charge in [-0.1, -0.05) is 31.6 Å². The Hall–Kier alpha value is -0.520. The smallest absolute Gasteiger partial charge is 0.0277 e. The molecule has 1 unspecified atom stereocenters. The number of rotatable bonds is 1. The highest BCUT2D eigenvalue weighted by molar-refractivity contribution is 5.31. The molecule has 0 heteroatoms. The SMILES string of the molecule is CC(C)C1CCC2=C(CCC=C2)C1. The maximum atomic E-state index is 2.37. The van der Waals surface area contributed by atoms with Gasteiger partial charge >= 0.3 is 0 Å². The molecule has 0 saturated carbocycles. The summed E-state index contributed by atoms with van der Waals surface area (Å²) in [6.07, 6.45) is 11.5. The first-order valence-electron chi connectivity index (χ1n) is 5.65. The first-order valence-corrected chi connectivity index (χ1v) is 5.65. The summed E-state index contributed by atoms with van der Waals surface area (Å²) in [5.41, 5.74) is 3.44. The minimum Gasteiger partial charge on any atom is -0.0839 e. The van der Waals surface area contributed by atoms with E-state index in [1.807, 2.05) is 0 Å². The van der Waals surface area contributed by atoms with Crippen molar-refractivity contribution in [3.05, 3.63) is 23.3 Å². The number of hydrogen-bond acceptors (Lipinski definition) is 0. The van der Waals surface area contributed by atoms with E-state index in [4.69, 9.17) is 0 Å². The molecule has 0 radical (unpaired) electrons. The Kier molecular flexibility index (Phi) is 2.57. The van der Waals surface area contributed by atoms with Crippen molar-refractivity contribution in [3.63, 3.8) is 0 Å². The van der Waals surface area contributed by atoms with E-state index in [9.17, 15) is 0 Å². The van der Waals surface area contributed by atoms with Gasteiger partial charge in [-0.25, -0.2) is 0 Å². The van der Waals surface area contributed by atoms with Crippen molar-refractivity contribution < 1.29 is 0 Å². The Morgan fingerprint density at radius 1 is 1.31 bits per heavy atom. The summed E-state index contributed by atoms with van der Waals surface area (Å²) in [5.74, 6) is 1.84. The van der Waals surface area contributed by atoms with Gasteiger partial charge in [-0.3, -0.25) is 0 Å². The summed E-state index contributed by atoms with van der Waals surface area (Å²) in [7, 11) is 0. The van der Waals surface area contributed by atoms with E-state index < -0.39 is 0 Å². The molecule has 2 aliphatic carbocycles. The molecule has 0 spiro atoms. The van der Waals surface area contributed by atoms with Crippen molar-refractivity contribution in [2.75, 3.05) is 0 Å². The molecule has 0 aromatic carbocycles. The monoisotopic (exact) mass is 176 g/mol. The molecule has 0 N–H and O–H groups in total. The second-order valence-electron chi connectivity index (χ2n) is 4.82. The van der Waals surface area contributed by atoms with Crippen LogP contribution in [0.25, 0.3) is 0 Å². The molecular weight excluding hydrogens is 156 g/mol. The molecule has 13 heavy (non-hydrogen) atoms. The highest BCUT2D eigenvalue weighted by Crippen LogP contribution is 2.37. The zero-order valence-corrected chi connectivity index (χ0v) is 8.84. The second-order valence-corrected chi connectivity index (χ2v) is 4.82. The Morgan fingerprint density at radius 3 is 2.92 bits per heavy atom. The lowest BCUT2D eigenvalue weighted by molar-refractivity contribution is 0.338. The van der Waals surface area contributed by atoms with Crippen LogP contribution in [-0.2, 0) is 0 Å². The Morgan fingerprint density at radius 2 is 2.15 bits per heavy atom. The van der Waals surface area contributed by atoms with Gasteiger partial charge in [-0.2, -0.15) is 0 Å². The maximum absolute atomic E-state index is 2.37. The van der Waals surface area contributed by atoms with Crippen LogP contribution in [-0.4, -0.2) is 0 Å². The zero-order valence-electron chi connectivity index (χ0n) is 8.84. The van der Waals surface area contributed by atoms with E-state index in [1.54, 1.807) is 11.1 Å². The predicted octanol–water partition coefficient (Wildman–Crippen LogP) is 4.09. The summed E-state index contributed by atoms with van der Waals surface area (Å²) in [6.45, 7) is 4.74. The molecule has 0 aromatic rings. The van der Waals surface area contributed by atoms with Crippen molar-refractivity contribution >= 4 is 0 Å². The molecule has 0 aromatic heterocycles. The average Bonchev–Trinajstić information content (AvgIpc) is 2.17. The first-order chi connectivity index (χ1) is 6.27. The van der Waals surface area contributed by atoms with Crippen LogP contribution in [0.5, 0.6) is 0 Å². The number of hydrogen-bond donors (Lipinski definition) is 0. The highest BCUT2D eigenvalue weighted by atomic mass is 14.3. The summed E-state index contributed by atoms with van der Waals surface area (Å²) in [5, 5.41) is 0. The molecule has 0 nitrogen and oxygen atoms in total. The lowest BCUT2D eigenvalue weighted by atomic mass is 9.76. The third kappa shape index (κ3) is 1.87. The standard InChI is InChI=1S/C13H20/c1-10(2)12-8-7-11-5-3-4-6-13(11)9-12/h3,5,10,12H,4,6-9H2,1-2H3. The van der Waals surface area contributed by atoms with E-state index >= 15 is 0 Å². The maximum Gasteiger partial charge on any atom is -0.0277 e. The normalized spacial score (nSPS) is 28.1.